The van der Waals surface area contributed by atoms with Gasteiger partial charge in [0.25, 0.3) is 5.91 Å². The fourth-order valence-corrected chi connectivity index (χ4v) is 3.42. The summed E-state index contributed by atoms with van der Waals surface area (Å²) < 4.78 is 10.6. The fraction of sp³-hybridized carbons (Fsp3) is 0.375. The second kappa shape index (κ2) is 10.6. The predicted octanol–water partition coefficient (Wildman–Crippen LogP) is 4.18. The Kier molecular flexibility index (Phi) is 7.81. The molecular weight excluding hydrogens is 446 g/mol. The topological polar surface area (TPSA) is 88.2 Å². The standard InChI is InChI=1S/C24H28ClN3O5/c1-24(2,3)33-23(31)26-15-21(29)28-13-5-12-27(28)20-7-4-6-18(14-20)22(30)32-16-17-8-10-19(25)11-9-17/h4,6-11,14H,5,12-13,15-16H2,1-3H3,(H,26,31). The lowest BCUT2D eigenvalue weighted by atomic mass is 10.2. The first-order valence-electron chi connectivity index (χ1n) is 10.7. The van der Waals surface area contributed by atoms with Crippen molar-refractivity contribution in [3.05, 3.63) is 64.7 Å². The van der Waals surface area contributed by atoms with Gasteiger partial charge in [0.05, 0.1) is 11.3 Å². The van der Waals surface area contributed by atoms with Crippen LogP contribution in [0.2, 0.25) is 5.02 Å². The first kappa shape index (κ1) is 24.4. The van der Waals surface area contributed by atoms with Crippen LogP contribution in [0.25, 0.3) is 0 Å². The summed E-state index contributed by atoms with van der Waals surface area (Å²) in [6.45, 7) is 6.33. The second-order valence-corrected chi connectivity index (χ2v) is 9.04. The highest BCUT2D eigenvalue weighted by molar-refractivity contribution is 6.30. The lowest BCUT2D eigenvalue weighted by Crippen LogP contribution is -2.47. The summed E-state index contributed by atoms with van der Waals surface area (Å²) in [6, 6.07) is 14.0. The predicted molar refractivity (Wildman–Crippen MR) is 125 cm³/mol. The van der Waals surface area contributed by atoms with Crippen molar-refractivity contribution in [3.8, 4) is 0 Å². The van der Waals surface area contributed by atoms with Crippen molar-refractivity contribution in [2.45, 2.75) is 39.4 Å². The molecule has 0 spiro atoms. The van der Waals surface area contributed by atoms with Crippen molar-refractivity contribution in [1.82, 2.24) is 10.3 Å². The molecule has 0 unspecified atom stereocenters. The van der Waals surface area contributed by atoms with Crippen molar-refractivity contribution in [2.75, 3.05) is 24.6 Å². The second-order valence-electron chi connectivity index (χ2n) is 8.60. The lowest BCUT2D eigenvalue weighted by Gasteiger charge is -2.30. The van der Waals surface area contributed by atoms with Gasteiger partial charge < -0.3 is 14.8 Å². The number of ether oxygens (including phenoxy) is 2. The lowest BCUT2D eigenvalue weighted by molar-refractivity contribution is -0.129. The molecule has 8 nitrogen and oxygen atoms in total. The van der Waals surface area contributed by atoms with Crippen LogP contribution >= 0.6 is 11.6 Å². The average molecular weight is 474 g/mol. The molecule has 1 fully saturated rings. The number of hydrazine groups is 1. The highest BCUT2D eigenvalue weighted by atomic mass is 35.5. The third kappa shape index (κ3) is 7.12. The summed E-state index contributed by atoms with van der Waals surface area (Å²) in [5.41, 5.74) is 1.26. The van der Waals surface area contributed by atoms with Gasteiger partial charge in [0.2, 0.25) is 0 Å². The Morgan fingerprint density at radius 1 is 1.06 bits per heavy atom. The number of hydrogen-bond donors (Lipinski definition) is 1. The number of anilines is 1. The van der Waals surface area contributed by atoms with E-state index in [0.717, 1.165) is 12.0 Å². The van der Waals surface area contributed by atoms with Crippen molar-refractivity contribution < 1.29 is 23.9 Å². The Morgan fingerprint density at radius 3 is 2.48 bits per heavy atom. The number of rotatable bonds is 6. The maximum atomic E-state index is 12.7. The highest BCUT2D eigenvalue weighted by Gasteiger charge is 2.28. The summed E-state index contributed by atoms with van der Waals surface area (Å²) >= 11 is 5.88. The van der Waals surface area contributed by atoms with Crippen LogP contribution in [0.5, 0.6) is 0 Å². The molecule has 1 aliphatic rings. The van der Waals surface area contributed by atoms with Crippen LogP contribution in [-0.4, -0.2) is 48.2 Å². The number of halogens is 1. The van der Waals surface area contributed by atoms with Gasteiger partial charge in [0.15, 0.2) is 0 Å². The van der Waals surface area contributed by atoms with Gasteiger partial charge in [-0.05, 0) is 63.1 Å². The van der Waals surface area contributed by atoms with Gasteiger partial charge in [-0.15, -0.1) is 0 Å². The smallest absolute Gasteiger partial charge is 0.408 e. The summed E-state index contributed by atoms with van der Waals surface area (Å²) in [7, 11) is 0. The van der Waals surface area contributed by atoms with Gasteiger partial charge in [0, 0.05) is 18.1 Å². The number of nitrogens with one attached hydrogen (secondary N) is 1. The number of hydrogen-bond acceptors (Lipinski definition) is 6. The van der Waals surface area contributed by atoms with E-state index >= 15 is 0 Å². The van der Waals surface area contributed by atoms with Crippen molar-refractivity contribution in [3.63, 3.8) is 0 Å². The van der Waals surface area contributed by atoms with E-state index in [-0.39, 0.29) is 19.1 Å². The highest BCUT2D eigenvalue weighted by Crippen LogP contribution is 2.23. The van der Waals surface area contributed by atoms with E-state index in [2.05, 4.69) is 5.32 Å². The fourth-order valence-electron chi connectivity index (χ4n) is 3.30. The van der Waals surface area contributed by atoms with Crippen molar-refractivity contribution in [1.29, 1.82) is 0 Å². The van der Waals surface area contributed by atoms with Crippen LogP contribution in [0.1, 0.15) is 43.1 Å². The molecular formula is C24H28ClN3O5. The largest absolute Gasteiger partial charge is 0.457 e. The van der Waals surface area contributed by atoms with Crippen LogP contribution in [0, 0.1) is 0 Å². The zero-order valence-electron chi connectivity index (χ0n) is 19.0. The average Bonchev–Trinajstić information content (AvgIpc) is 3.26. The Labute approximate surface area is 198 Å². The number of carbonyl (C=O) groups is 3. The number of amides is 2. The Morgan fingerprint density at radius 2 is 1.79 bits per heavy atom. The molecule has 0 aliphatic carbocycles. The molecule has 0 aromatic heterocycles. The van der Waals surface area contributed by atoms with Gasteiger partial charge in [-0.3, -0.25) is 14.8 Å². The number of carbonyl (C=O) groups excluding carboxylic acids is 3. The van der Waals surface area contributed by atoms with Crippen molar-refractivity contribution >= 4 is 35.3 Å². The van der Waals surface area contributed by atoms with E-state index in [1.165, 1.54) is 0 Å². The molecule has 176 valence electrons. The molecule has 0 saturated carbocycles. The SMILES string of the molecule is CC(C)(C)OC(=O)NCC(=O)N1CCCN1c1cccc(C(=O)OCc2ccc(Cl)cc2)c1. The normalized spacial score (nSPS) is 13.6. The number of nitrogens with zero attached hydrogens (tertiary/aromatic N) is 2. The molecule has 0 atom stereocenters. The summed E-state index contributed by atoms with van der Waals surface area (Å²) in [5.74, 6) is -0.732. The maximum Gasteiger partial charge on any atom is 0.408 e. The maximum absolute atomic E-state index is 12.7. The molecule has 1 heterocycles. The van der Waals surface area contributed by atoms with E-state index in [4.69, 9.17) is 21.1 Å². The first-order chi connectivity index (χ1) is 15.6. The number of esters is 1. The monoisotopic (exact) mass is 473 g/mol. The molecule has 1 N–H and O–H groups in total. The van der Waals surface area contributed by atoms with Crippen molar-refractivity contribution in [2.24, 2.45) is 0 Å². The zero-order valence-corrected chi connectivity index (χ0v) is 19.7. The van der Waals surface area contributed by atoms with Gasteiger partial charge >= 0.3 is 12.1 Å². The first-order valence-corrected chi connectivity index (χ1v) is 11.1. The minimum Gasteiger partial charge on any atom is -0.457 e. The van der Waals surface area contributed by atoms with E-state index in [0.29, 0.717) is 29.4 Å². The molecule has 1 saturated heterocycles. The summed E-state index contributed by atoms with van der Waals surface area (Å²) in [6.07, 6.45) is 0.121. The molecule has 0 bridgehead atoms. The molecule has 33 heavy (non-hydrogen) atoms. The Balaban J connectivity index is 1.60. The van der Waals surface area contributed by atoms with E-state index in [9.17, 15) is 14.4 Å². The van der Waals surface area contributed by atoms with Crippen LogP contribution in [0.4, 0.5) is 10.5 Å². The molecule has 3 rings (SSSR count). The van der Waals surface area contributed by atoms with Gasteiger partial charge in [-0.2, -0.15) is 0 Å². The number of benzene rings is 2. The van der Waals surface area contributed by atoms with Crippen LogP contribution < -0.4 is 10.3 Å². The van der Waals surface area contributed by atoms with E-state index in [1.54, 1.807) is 73.3 Å². The molecule has 2 aromatic rings. The summed E-state index contributed by atoms with van der Waals surface area (Å²) in [4.78, 5) is 37.1. The molecule has 9 heteroatoms. The molecule has 0 radical (unpaired) electrons. The van der Waals surface area contributed by atoms with E-state index < -0.39 is 17.7 Å². The van der Waals surface area contributed by atoms with Gasteiger partial charge in [-0.25, -0.2) is 9.59 Å². The zero-order chi connectivity index (χ0) is 24.0. The quantitative estimate of drug-likeness (QED) is 0.633. The third-order valence-corrected chi connectivity index (χ3v) is 5.02. The van der Waals surface area contributed by atoms with E-state index in [1.807, 2.05) is 6.07 Å². The third-order valence-electron chi connectivity index (χ3n) is 4.77. The van der Waals surface area contributed by atoms with Gasteiger partial charge in [-0.1, -0.05) is 29.8 Å². The minimum absolute atomic E-state index is 0.130. The molecule has 2 aromatic carbocycles. The molecule has 1 aliphatic heterocycles. The number of alkyl carbamates (subject to hydrolysis) is 1. The Bertz CT molecular complexity index is 1000. The van der Waals surface area contributed by atoms with Gasteiger partial charge in [0.1, 0.15) is 18.8 Å². The van der Waals surface area contributed by atoms with Crippen LogP contribution in [0.15, 0.2) is 48.5 Å². The minimum atomic E-state index is -0.646. The van der Waals surface area contributed by atoms with Crippen LogP contribution in [-0.2, 0) is 20.9 Å². The molecule has 2 amide bonds. The summed E-state index contributed by atoms with van der Waals surface area (Å²) in [5, 5.41) is 6.47. The van der Waals surface area contributed by atoms with Crippen LogP contribution in [0.3, 0.4) is 0 Å². The Hall–Kier alpha value is -3.26.